The highest BCUT2D eigenvalue weighted by molar-refractivity contribution is 6.30. The van der Waals surface area contributed by atoms with E-state index in [0.717, 1.165) is 42.6 Å². The highest BCUT2D eigenvalue weighted by Crippen LogP contribution is 2.28. The lowest BCUT2D eigenvalue weighted by Gasteiger charge is -2.26. The number of benzene rings is 3. The third-order valence-electron chi connectivity index (χ3n) is 5.31. The van der Waals surface area contributed by atoms with Crippen molar-refractivity contribution in [2.75, 3.05) is 26.2 Å². The van der Waals surface area contributed by atoms with Crippen molar-refractivity contribution in [3.63, 3.8) is 0 Å². The molecular weight excluding hydrogens is 382 g/mol. The molecule has 0 spiro atoms. The van der Waals surface area contributed by atoms with Crippen LogP contribution in [0.1, 0.15) is 13.3 Å². The predicted molar refractivity (Wildman–Crippen MR) is 119 cm³/mol. The van der Waals surface area contributed by atoms with Crippen molar-refractivity contribution in [2.45, 2.75) is 18.9 Å². The molecule has 4 heteroatoms. The number of hydrogen-bond donors (Lipinski definition) is 0. The first-order valence-electron chi connectivity index (χ1n) is 10.0. The van der Waals surface area contributed by atoms with Crippen molar-refractivity contribution in [1.82, 2.24) is 4.90 Å². The van der Waals surface area contributed by atoms with Gasteiger partial charge in [0.1, 0.15) is 23.7 Å². The fraction of sp³-hybridized carbons (Fsp3) is 0.280. The van der Waals surface area contributed by atoms with Crippen LogP contribution in [0.15, 0.2) is 78.9 Å². The SMILES string of the molecule is C[C@@]1(Oc2ccc(Cl)cc2)CCN(CCOc2cccc(-c3ccccc3)c2)C1. The maximum Gasteiger partial charge on any atom is 0.120 e. The summed E-state index contributed by atoms with van der Waals surface area (Å²) in [7, 11) is 0. The minimum absolute atomic E-state index is 0.180. The van der Waals surface area contributed by atoms with Gasteiger partial charge in [-0.05, 0) is 54.4 Å². The monoisotopic (exact) mass is 407 g/mol. The van der Waals surface area contributed by atoms with Crippen LogP contribution in [0.3, 0.4) is 0 Å². The Balaban J connectivity index is 1.28. The maximum atomic E-state index is 6.24. The molecule has 0 bridgehead atoms. The van der Waals surface area contributed by atoms with E-state index in [-0.39, 0.29) is 5.60 Å². The Kier molecular flexibility index (Phi) is 6.08. The van der Waals surface area contributed by atoms with Gasteiger partial charge in [0.2, 0.25) is 0 Å². The first-order chi connectivity index (χ1) is 14.1. The molecule has 1 atom stereocenters. The Bertz CT molecular complexity index is 929. The molecule has 1 saturated heterocycles. The molecule has 0 saturated carbocycles. The Morgan fingerprint density at radius 1 is 0.897 bits per heavy atom. The topological polar surface area (TPSA) is 21.7 Å². The summed E-state index contributed by atoms with van der Waals surface area (Å²) < 4.78 is 12.3. The van der Waals surface area contributed by atoms with E-state index in [1.807, 2.05) is 42.5 Å². The average Bonchev–Trinajstić information content (AvgIpc) is 3.11. The first-order valence-corrected chi connectivity index (χ1v) is 10.4. The van der Waals surface area contributed by atoms with Gasteiger partial charge >= 0.3 is 0 Å². The lowest BCUT2D eigenvalue weighted by Crippen LogP contribution is -2.37. The first kappa shape index (κ1) is 19.8. The number of halogens is 1. The van der Waals surface area contributed by atoms with Crippen LogP contribution >= 0.6 is 11.6 Å². The fourth-order valence-corrected chi connectivity index (χ4v) is 3.90. The van der Waals surface area contributed by atoms with Crippen molar-refractivity contribution in [3.8, 4) is 22.6 Å². The molecule has 0 aromatic heterocycles. The van der Waals surface area contributed by atoms with Crippen LogP contribution in [0.2, 0.25) is 5.02 Å². The summed E-state index contributed by atoms with van der Waals surface area (Å²) in [5.74, 6) is 1.78. The minimum atomic E-state index is -0.180. The zero-order chi connectivity index (χ0) is 20.1. The summed E-state index contributed by atoms with van der Waals surface area (Å²) in [4.78, 5) is 2.40. The van der Waals surface area contributed by atoms with Crippen molar-refractivity contribution >= 4 is 11.6 Å². The number of rotatable bonds is 7. The van der Waals surface area contributed by atoms with Crippen molar-refractivity contribution in [1.29, 1.82) is 0 Å². The fourth-order valence-electron chi connectivity index (χ4n) is 3.78. The van der Waals surface area contributed by atoms with Crippen LogP contribution in [0, 0.1) is 0 Å². The van der Waals surface area contributed by atoms with Gasteiger partial charge in [0.05, 0.1) is 0 Å². The molecule has 4 rings (SSSR count). The van der Waals surface area contributed by atoms with E-state index in [2.05, 4.69) is 48.2 Å². The molecule has 150 valence electrons. The summed E-state index contributed by atoms with van der Waals surface area (Å²) in [6, 6.07) is 26.2. The Hall–Kier alpha value is -2.49. The minimum Gasteiger partial charge on any atom is -0.492 e. The van der Waals surface area contributed by atoms with Crippen LogP contribution < -0.4 is 9.47 Å². The number of ether oxygens (including phenoxy) is 2. The Labute approximate surface area is 177 Å². The molecule has 1 fully saturated rings. The molecule has 0 unspecified atom stereocenters. The quantitative estimate of drug-likeness (QED) is 0.484. The van der Waals surface area contributed by atoms with Gasteiger partial charge in [0.25, 0.3) is 0 Å². The maximum absolute atomic E-state index is 6.24. The third-order valence-corrected chi connectivity index (χ3v) is 5.56. The molecule has 3 aromatic carbocycles. The summed E-state index contributed by atoms with van der Waals surface area (Å²) >= 11 is 5.96. The van der Waals surface area contributed by atoms with Gasteiger partial charge in [-0.2, -0.15) is 0 Å². The van der Waals surface area contributed by atoms with Crippen LogP contribution in [0.4, 0.5) is 0 Å². The summed E-state index contributed by atoms with van der Waals surface area (Å²) in [6.07, 6.45) is 0.999. The summed E-state index contributed by atoms with van der Waals surface area (Å²) in [6.45, 7) is 5.62. The van der Waals surface area contributed by atoms with Crippen molar-refractivity contribution < 1.29 is 9.47 Å². The van der Waals surface area contributed by atoms with E-state index in [0.29, 0.717) is 6.61 Å². The molecule has 29 heavy (non-hydrogen) atoms. The lowest BCUT2D eigenvalue weighted by molar-refractivity contribution is 0.0935. The summed E-state index contributed by atoms with van der Waals surface area (Å²) in [5.41, 5.74) is 2.20. The highest BCUT2D eigenvalue weighted by Gasteiger charge is 2.35. The van der Waals surface area contributed by atoms with E-state index in [9.17, 15) is 0 Å². The molecule has 0 aliphatic carbocycles. The normalized spacial score (nSPS) is 19.2. The molecule has 3 aromatic rings. The van der Waals surface area contributed by atoms with E-state index in [4.69, 9.17) is 21.1 Å². The number of hydrogen-bond acceptors (Lipinski definition) is 3. The molecule has 1 aliphatic rings. The zero-order valence-electron chi connectivity index (χ0n) is 16.7. The van der Waals surface area contributed by atoms with Gasteiger partial charge in [0.15, 0.2) is 0 Å². The van der Waals surface area contributed by atoms with Crippen LogP contribution in [0.25, 0.3) is 11.1 Å². The molecule has 1 aliphatic heterocycles. The standard InChI is InChI=1S/C25H26ClNO2/c1-25(29-23-12-10-22(26)11-13-23)14-15-27(19-25)16-17-28-24-9-5-8-21(18-24)20-6-3-2-4-7-20/h2-13,18H,14-17,19H2,1H3/t25-/m1/s1. The van der Waals surface area contributed by atoms with Crippen molar-refractivity contribution in [3.05, 3.63) is 83.9 Å². The molecular formula is C25H26ClNO2. The van der Waals surface area contributed by atoms with Crippen LogP contribution in [0.5, 0.6) is 11.5 Å². The van der Waals surface area contributed by atoms with Gasteiger partial charge in [-0.1, -0.05) is 54.1 Å². The van der Waals surface area contributed by atoms with E-state index in [1.54, 1.807) is 0 Å². The number of likely N-dealkylation sites (tertiary alicyclic amines) is 1. The number of nitrogens with zero attached hydrogens (tertiary/aromatic N) is 1. The van der Waals surface area contributed by atoms with Gasteiger partial charge in [-0.15, -0.1) is 0 Å². The third kappa shape index (κ3) is 5.31. The molecule has 3 nitrogen and oxygen atoms in total. The van der Waals surface area contributed by atoms with E-state index >= 15 is 0 Å². The second-order valence-corrected chi connectivity index (χ2v) is 8.21. The van der Waals surface area contributed by atoms with Gasteiger partial charge < -0.3 is 9.47 Å². The van der Waals surface area contributed by atoms with Gasteiger partial charge in [-0.3, -0.25) is 4.90 Å². The van der Waals surface area contributed by atoms with Crippen molar-refractivity contribution in [2.24, 2.45) is 0 Å². The molecule has 0 N–H and O–H groups in total. The van der Waals surface area contributed by atoms with E-state index in [1.165, 1.54) is 11.1 Å². The second kappa shape index (κ2) is 8.89. The largest absolute Gasteiger partial charge is 0.492 e. The molecule has 0 amide bonds. The zero-order valence-corrected chi connectivity index (χ0v) is 17.4. The molecule has 1 heterocycles. The Morgan fingerprint density at radius 2 is 1.66 bits per heavy atom. The van der Waals surface area contributed by atoms with Gasteiger partial charge in [0, 0.05) is 31.1 Å². The smallest absolute Gasteiger partial charge is 0.120 e. The second-order valence-electron chi connectivity index (χ2n) is 7.77. The summed E-state index contributed by atoms with van der Waals surface area (Å²) in [5, 5.41) is 0.726. The van der Waals surface area contributed by atoms with Crippen LogP contribution in [-0.4, -0.2) is 36.7 Å². The van der Waals surface area contributed by atoms with E-state index < -0.39 is 0 Å². The average molecular weight is 408 g/mol. The highest BCUT2D eigenvalue weighted by atomic mass is 35.5. The molecule has 0 radical (unpaired) electrons. The Morgan fingerprint density at radius 3 is 2.45 bits per heavy atom. The van der Waals surface area contributed by atoms with Gasteiger partial charge in [-0.25, -0.2) is 0 Å². The van der Waals surface area contributed by atoms with Crippen LogP contribution in [-0.2, 0) is 0 Å². The lowest BCUT2D eigenvalue weighted by atomic mass is 10.1. The predicted octanol–water partition coefficient (Wildman–Crippen LogP) is 5.93.